The third-order valence-corrected chi connectivity index (χ3v) is 4.93. The van der Waals surface area contributed by atoms with Crippen molar-refractivity contribution < 1.29 is 9.53 Å². The average molecular weight is 495 g/mol. The van der Waals surface area contributed by atoms with Gasteiger partial charge in [0.25, 0.3) is 0 Å². The van der Waals surface area contributed by atoms with Crippen molar-refractivity contribution in [3.05, 3.63) is 0 Å². The molecule has 0 aromatic carbocycles. The van der Waals surface area contributed by atoms with Crippen LogP contribution in [0.5, 0.6) is 0 Å². The maximum absolute atomic E-state index is 12.1. The number of amides is 1. The number of nitrogens with two attached hydrogens (primary N) is 1. The number of nitrogens with one attached hydrogen (secondary N) is 1. The zero-order valence-corrected chi connectivity index (χ0v) is 19.5. The predicted molar refractivity (Wildman–Crippen MR) is 121 cm³/mol. The largest absolute Gasteiger partial charge is 0.444 e. The van der Waals surface area contributed by atoms with E-state index in [1.54, 1.807) is 4.90 Å². The summed E-state index contributed by atoms with van der Waals surface area (Å²) in [5, 5.41) is 3.38. The van der Waals surface area contributed by atoms with Crippen LogP contribution < -0.4 is 11.1 Å². The van der Waals surface area contributed by atoms with Gasteiger partial charge in [0.1, 0.15) is 5.60 Å². The summed E-state index contributed by atoms with van der Waals surface area (Å²) in [4.78, 5) is 20.7. The molecule has 2 rings (SSSR count). The monoisotopic (exact) mass is 495 g/mol. The van der Waals surface area contributed by atoms with Gasteiger partial charge in [0.15, 0.2) is 5.96 Å². The molecule has 0 bridgehead atoms. The molecule has 3 N–H and O–H groups in total. The molecule has 0 atom stereocenters. The fourth-order valence-corrected chi connectivity index (χ4v) is 3.47. The van der Waals surface area contributed by atoms with Gasteiger partial charge in [0, 0.05) is 38.8 Å². The number of aliphatic imine (C=N–C) groups is 1. The van der Waals surface area contributed by atoms with E-state index >= 15 is 0 Å². The number of guanidine groups is 1. The molecule has 0 spiro atoms. The zero-order valence-electron chi connectivity index (χ0n) is 17.2. The fourth-order valence-electron chi connectivity index (χ4n) is 3.47. The molecule has 8 heteroatoms. The van der Waals surface area contributed by atoms with Gasteiger partial charge in [-0.2, -0.15) is 0 Å². The molecule has 1 aliphatic heterocycles. The molecule has 2 fully saturated rings. The smallest absolute Gasteiger partial charge is 0.410 e. The minimum Gasteiger partial charge on any atom is -0.444 e. The first-order valence-corrected chi connectivity index (χ1v) is 10.1. The number of carbonyl (C=O) groups excluding carboxylic acids is 1. The van der Waals surface area contributed by atoms with Crippen molar-refractivity contribution in [3.8, 4) is 0 Å². The van der Waals surface area contributed by atoms with E-state index in [4.69, 9.17) is 10.5 Å². The van der Waals surface area contributed by atoms with Crippen LogP contribution in [0.1, 0.15) is 59.3 Å². The van der Waals surface area contributed by atoms with E-state index in [1.807, 2.05) is 20.8 Å². The summed E-state index contributed by atoms with van der Waals surface area (Å²) < 4.78 is 5.43. The molecule has 1 aliphatic carbocycles. The van der Waals surface area contributed by atoms with Crippen molar-refractivity contribution >= 4 is 36.0 Å². The highest BCUT2D eigenvalue weighted by molar-refractivity contribution is 14.0. The van der Waals surface area contributed by atoms with Gasteiger partial charge >= 0.3 is 6.09 Å². The van der Waals surface area contributed by atoms with Crippen LogP contribution in [-0.2, 0) is 4.74 Å². The molecule has 1 saturated heterocycles. The summed E-state index contributed by atoms with van der Waals surface area (Å²) >= 11 is 0. The van der Waals surface area contributed by atoms with Gasteiger partial charge < -0.3 is 20.7 Å². The number of halogens is 1. The van der Waals surface area contributed by atoms with Gasteiger partial charge in [-0.15, -0.1) is 24.0 Å². The summed E-state index contributed by atoms with van der Waals surface area (Å²) in [5.74, 6) is 0.573. The third kappa shape index (κ3) is 9.82. The lowest BCUT2D eigenvalue weighted by Crippen LogP contribution is -2.50. The minimum atomic E-state index is -0.440. The van der Waals surface area contributed by atoms with Crippen LogP contribution in [0.3, 0.4) is 0 Å². The second-order valence-corrected chi connectivity index (χ2v) is 8.41. The van der Waals surface area contributed by atoms with Gasteiger partial charge in [0.2, 0.25) is 0 Å². The van der Waals surface area contributed by atoms with E-state index in [9.17, 15) is 4.79 Å². The number of piperazine rings is 1. The number of nitrogens with zero attached hydrogens (tertiary/aromatic N) is 3. The highest BCUT2D eigenvalue weighted by atomic mass is 127. The molecular formula is C19H38IN5O2. The Morgan fingerprint density at radius 1 is 1.11 bits per heavy atom. The van der Waals surface area contributed by atoms with Crippen molar-refractivity contribution in [1.82, 2.24) is 15.1 Å². The normalized spacial score (nSPS) is 20.6. The van der Waals surface area contributed by atoms with Crippen LogP contribution in [0.25, 0.3) is 0 Å². The zero-order chi connectivity index (χ0) is 19.0. The van der Waals surface area contributed by atoms with Gasteiger partial charge in [0.05, 0.1) is 6.54 Å². The molecule has 1 amide bonds. The Labute approximate surface area is 181 Å². The lowest BCUT2D eigenvalue weighted by molar-refractivity contribution is 0.0148. The average Bonchev–Trinajstić information content (AvgIpc) is 2.82. The summed E-state index contributed by atoms with van der Waals surface area (Å²) in [7, 11) is 0. The van der Waals surface area contributed by atoms with Crippen molar-refractivity contribution in [3.63, 3.8) is 0 Å². The Morgan fingerprint density at radius 3 is 2.26 bits per heavy atom. The van der Waals surface area contributed by atoms with E-state index < -0.39 is 5.60 Å². The van der Waals surface area contributed by atoms with E-state index in [0.29, 0.717) is 31.6 Å². The van der Waals surface area contributed by atoms with Crippen molar-refractivity contribution in [2.24, 2.45) is 10.7 Å². The van der Waals surface area contributed by atoms with Crippen LogP contribution in [0.2, 0.25) is 0 Å². The van der Waals surface area contributed by atoms with Crippen LogP contribution in [-0.4, -0.2) is 72.8 Å². The summed E-state index contributed by atoms with van der Waals surface area (Å²) in [6, 6.07) is 0.485. The van der Waals surface area contributed by atoms with Crippen LogP contribution >= 0.6 is 24.0 Å². The van der Waals surface area contributed by atoms with E-state index in [2.05, 4.69) is 15.2 Å². The second kappa shape index (κ2) is 11.9. The van der Waals surface area contributed by atoms with Crippen LogP contribution in [0, 0.1) is 0 Å². The SMILES string of the molecule is CC(C)(C)OC(=O)N1CCN(CCN=C(N)NC2CCCCCC2)CC1.I. The molecule has 0 aromatic rings. The molecule has 2 aliphatic rings. The molecule has 0 unspecified atom stereocenters. The lowest BCUT2D eigenvalue weighted by Gasteiger charge is -2.35. The number of ether oxygens (including phenoxy) is 1. The number of carbonyl (C=O) groups is 1. The third-order valence-electron chi connectivity index (χ3n) is 4.93. The maximum Gasteiger partial charge on any atom is 0.410 e. The minimum absolute atomic E-state index is 0. The Hall–Kier alpha value is -0.770. The molecule has 1 saturated carbocycles. The van der Waals surface area contributed by atoms with Gasteiger partial charge in [-0.1, -0.05) is 25.7 Å². The summed E-state index contributed by atoms with van der Waals surface area (Å²) in [6.45, 7) is 10.4. The first-order valence-electron chi connectivity index (χ1n) is 10.1. The second-order valence-electron chi connectivity index (χ2n) is 8.41. The molecule has 0 aromatic heterocycles. The highest BCUT2D eigenvalue weighted by Gasteiger charge is 2.25. The fraction of sp³-hybridized carbons (Fsp3) is 0.895. The number of hydrogen-bond donors (Lipinski definition) is 2. The number of hydrogen-bond acceptors (Lipinski definition) is 4. The van der Waals surface area contributed by atoms with Crippen molar-refractivity contribution in [2.45, 2.75) is 70.9 Å². The molecule has 1 heterocycles. The highest BCUT2D eigenvalue weighted by Crippen LogP contribution is 2.17. The van der Waals surface area contributed by atoms with Crippen LogP contribution in [0.15, 0.2) is 4.99 Å². The van der Waals surface area contributed by atoms with E-state index in [0.717, 1.165) is 19.6 Å². The van der Waals surface area contributed by atoms with Crippen molar-refractivity contribution in [2.75, 3.05) is 39.3 Å². The molecule has 7 nitrogen and oxygen atoms in total. The standard InChI is InChI=1S/C19H37N5O2.HI/c1-19(2,3)26-18(25)24-14-12-23(13-15-24)11-10-21-17(20)22-16-8-6-4-5-7-9-16;/h16H,4-15H2,1-3H3,(H3,20,21,22);1H. The Kier molecular flexibility index (Phi) is 10.7. The van der Waals surface area contributed by atoms with Crippen molar-refractivity contribution in [1.29, 1.82) is 0 Å². The maximum atomic E-state index is 12.1. The first kappa shape index (κ1) is 24.3. The van der Waals surface area contributed by atoms with E-state index in [-0.39, 0.29) is 30.1 Å². The van der Waals surface area contributed by atoms with E-state index in [1.165, 1.54) is 38.5 Å². The predicted octanol–water partition coefficient (Wildman–Crippen LogP) is 2.78. The Balaban J connectivity index is 0.00000364. The first-order chi connectivity index (χ1) is 12.3. The lowest BCUT2D eigenvalue weighted by atomic mass is 10.1. The van der Waals surface area contributed by atoms with Gasteiger partial charge in [-0.25, -0.2) is 4.79 Å². The molecule has 158 valence electrons. The summed E-state index contributed by atoms with van der Waals surface area (Å²) in [5.41, 5.74) is 5.60. The number of rotatable bonds is 4. The molecule has 27 heavy (non-hydrogen) atoms. The van der Waals surface area contributed by atoms with Gasteiger partial charge in [-0.3, -0.25) is 9.89 Å². The summed E-state index contributed by atoms with van der Waals surface area (Å²) in [6.07, 6.45) is 7.42. The quantitative estimate of drug-likeness (QED) is 0.271. The van der Waals surface area contributed by atoms with Gasteiger partial charge in [-0.05, 0) is 33.6 Å². The Bertz CT molecular complexity index is 465. The Morgan fingerprint density at radius 2 is 1.70 bits per heavy atom. The molecule has 0 radical (unpaired) electrons. The van der Waals surface area contributed by atoms with Crippen LogP contribution in [0.4, 0.5) is 4.79 Å². The molecular weight excluding hydrogens is 457 g/mol. The topological polar surface area (TPSA) is 83.2 Å².